The van der Waals surface area contributed by atoms with E-state index in [2.05, 4.69) is 130 Å². The summed E-state index contributed by atoms with van der Waals surface area (Å²) in [5, 5.41) is 0. The van der Waals surface area contributed by atoms with Gasteiger partial charge in [0.1, 0.15) is 13.2 Å². The minimum Gasteiger partial charge on any atom is -0.462 e. The summed E-state index contributed by atoms with van der Waals surface area (Å²) in [7, 11) is 0. The second kappa shape index (κ2) is 66.6. The molecular weight excluding hydrogens is 973 g/mol. The van der Waals surface area contributed by atoms with Gasteiger partial charge in [0.25, 0.3) is 0 Å². The van der Waals surface area contributed by atoms with Gasteiger partial charge in [0.15, 0.2) is 6.10 Å². The summed E-state index contributed by atoms with van der Waals surface area (Å²) in [6.45, 7) is 6.37. The van der Waals surface area contributed by atoms with Crippen molar-refractivity contribution in [3.05, 3.63) is 109 Å². The monoisotopic (exact) mass is 1100 g/mol. The molecule has 0 amide bonds. The second-order valence-electron chi connectivity index (χ2n) is 22.0. The molecule has 0 aliphatic rings. The first-order chi connectivity index (χ1) is 39.0. The van der Waals surface area contributed by atoms with Gasteiger partial charge in [-0.2, -0.15) is 0 Å². The quantitative estimate of drug-likeness (QED) is 0.0261. The zero-order valence-electron chi connectivity index (χ0n) is 51.9. The van der Waals surface area contributed by atoms with E-state index in [1.54, 1.807) is 0 Å². The fraction of sp³-hybridized carbons (Fsp3) is 0.712. The molecule has 0 rings (SSSR count). The molecule has 0 radical (unpaired) electrons. The third-order valence-corrected chi connectivity index (χ3v) is 14.2. The number of ether oxygens (including phenoxy) is 3. The number of rotatable bonds is 60. The first-order valence-electron chi connectivity index (χ1n) is 33.4. The molecule has 79 heavy (non-hydrogen) atoms. The van der Waals surface area contributed by atoms with Crippen LogP contribution < -0.4 is 0 Å². The summed E-state index contributed by atoms with van der Waals surface area (Å²) in [4.78, 5) is 38.2. The average molecular weight is 1100 g/mol. The molecule has 0 aromatic heterocycles. The van der Waals surface area contributed by atoms with Crippen LogP contribution in [0.1, 0.15) is 316 Å². The van der Waals surface area contributed by atoms with Crippen molar-refractivity contribution in [3.8, 4) is 0 Å². The Morgan fingerprint density at radius 2 is 0.494 bits per heavy atom. The number of carbonyl (C=O) groups is 3. The number of hydrogen-bond donors (Lipinski definition) is 0. The molecule has 6 nitrogen and oxygen atoms in total. The molecule has 0 aromatic carbocycles. The highest BCUT2D eigenvalue weighted by atomic mass is 16.6. The maximum absolute atomic E-state index is 12.9. The van der Waals surface area contributed by atoms with Gasteiger partial charge < -0.3 is 14.2 Å². The van der Waals surface area contributed by atoms with Gasteiger partial charge in [0.05, 0.1) is 0 Å². The molecule has 452 valence electrons. The van der Waals surface area contributed by atoms with Crippen LogP contribution >= 0.6 is 0 Å². The van der Waals surface area contributed by atoms with E-state index in [1.807, 2.05) is 0 Å². The Labute approximate surface area is 489 Å². The zero-order chi connectivity index (χ0) is 57.1. The van der Waals surface area contributed by atoms with E-state index in [0.29, 0.717) is 19.3 Å². The van der Waals surface area contributed by atoms with Gasteiger partial charge in [-0.1, -0.05) is 291 Å². The maximum atomic E-state index is 12.9. The largest absolute Gasteiger partial charge is 0.462 e. The van der Waals surface area contributed by atoms with Crippen LogP contribution in [0.25, 0.3) is 0 Å². The van der Waals surface area contributed by atoms with Crippen LogP contribution in [-0.2, 0) is 28.6 Å². The predicted octanol–water partition coefficient (Wildman–Crippen LogP) is 23.0. The third kappa shape index (κ3) is 64.8. The lowest BCUT2D eigenvalue weighted by molar-refractivity contribution is -0.167. The van der Waals surface area contributed by atoms with E-state index in [9.17, 15) is 14.4 Å². The van der Waals surface area contributed by atoms with Gasteiger partial charge in [-0.05, 0) is 116 Å². The van der Waals surface area contributed by atoms with Gasteiger partial charge in [0, 0.05) is 19.3 Å². The lowest BCUT2D eigenvalue weighted by Gasteiger charge is -2.18. The Morgan fingerprint density at radius 3 is 0.785 bits per heavy atom. The predicted molar refractivity (Wildman–Crippen MR) is 343 cm³/mol. The molecular formula is C73H124O6. The van der Waals surface area contributed by atoms with E-state index in [4.69, 9.17) is 14.2 Å². The molecule has 1 atom stereocenters. The third-order valence-electron chi connectivity index (χ3n) is 14.2. The summed E-state index contributed by atoms with van der Waals surface area (Å²) in [5.74, 6) is -0.903. The lowest BCUT2D eigenvalue weighted by Crippen LogP contribution is -2.30. The summed E-state index contributed by atoms with van der Waals surface area (Å²) in [6, 6.07) is 0. The Balaban J connectivity index is 4.09. The Kier molecular flexibility index (Phi) is 63.3. The smallest absolute Gasteiger partial charge is 0.306 e. The standard InChI is InChI=1S/C73H124O6/c1-4-7-10-13-16-19-22-24-26-27-28-29-30-31-32-33-34-35-36-37-38-39-40-41-42-43-44-45-47-48-51-54-57-60-63-66-72(75)78-69-70(68-77-71(74)65-62-59-56-53-50-21-18-15-12-9-6-3)79-73(76)67-64-61-58-55-52-49-46-25-23-20-17-14-11-8-5-2/h7-8,10-11,15-20,24-26,28-29,31-32,46,70H,4-6,9,12-14,21-23,27,30,33-45,47-69H2,1-3H3/b10-7-,11-8-,18-15-,19-16-,20-17-,26-24-,29-28-,32-31-,46-25-. The van der Waals surface area contributed by atoms with Crippen LogP contribution in [0.2, 0.25) is 0 Å². The van der Waals surface area contributed by atoms with Crippen LogP contribution in [0.15, 0.2) is 109 Å². The van der Waals surface area contributed by atoms with Gasteiger partial charge in [0.2, 0.25) is 0 Å². The fourth-order valence-corrected chi connectivity index (χ4v) is 9.29. The molecule has 0 spiro atoms. The number of carbonyl (C=O) groups excluding carboxylic acids is 3. The molecule has 0 N–H and O–H groups in total. The van der Waals surface area contributed by atoms with Crippen molar-refractivity contribution in [2.75, 3.05) is 13.2 Å². The van der Waals surface area contributed by atoms with Crippen molar-refractivity contribution in [1.29, 1.82) is 0 Å². The normalized spacial score (nSPS) is 12.8. The minimum absolute atomic E-state index is 0.0851. The molecule has 0 fully saturated rings. The summed E-state index contributed by atoms with van der Waals surface area (Å²) in [5.41, 5.74) is 0. The highest BCUT2D eigenvalue weighted by molar-refractivity contribution is 5.71. The van der Waals surface area contributed by atoms with E-state index in [-0.39, 0.29) is 31.1 Å². The van der Waals surface area contributed by atoms with Gasteiger partial charge in [-0.25, -0.2) is 0 Å². The molecule has 0 aromatic rings. The highest BCUT2D eigenvalue weighted by Gasteiger charge is 2.19. The van der Waals surface area contributed by atoms with E-state index in [1.165, 1.54) is 141 Å². The first-order valence-corrected chi connectivity index (χ1v) is 33.4. The molecule has 6 heteroatoms. The molecule has 0 aliphatic heterocycles. The van der Waals surface area contributed by atoms with Crippen LogP contribution in [-0.4, -0.2) is 37.2 Å². The van der Waals surface area contributed by atoms with Crippen molar-refractivity contribution in [1.82, 2.24) is 0 Å². The molecule has 0 aliphatic carbocycles. The first kappa shape index (κ1) is 75.1. The van der Waals surface area contributed by atoms with Crippen molar-refractivity contribution in [2.24, 2.45) is 0 Å². The summed E-state index contributed by atoms with van der Waals surface area (Å²) in [6.07, 6.45) is 91.3. The number of hydrogen-bond acceptors (Lipinski definition) is 6. The number of allylic oxidation sites excluding steroid dienone is 18. The molecule has 0 heterocycles. The van der Waals surface area contributed by atoms with Crippen LogP contribution in [0.4, 0.5) is 0 Å². The van der Waals surface area contributed by atoms with Crippen LogP contribution in [0.3, 0.4) is 0 Å². The Bertz CT molecular complexity index is 1590. The second-order valence-corrected chi connectivity index (χ2v) is 22.0. The average Bonchev–Trinajstić information content (AvgIpc) is 3.45. The summed E-state index contributed by atoms with van der Waals surface area (Å²) >= 11 is 0. The van der Waals surface area contributed by atoms with Crippen molar-refractivity contribution >= 4 is 17.9 Å². The zero-order valence-corrected chi connectivity index (χ0v) is 51.9. The lowest BCUT2D eigenvalue weighted by atomic mass is 10.0. The van der Waals surface area contributed by atoms with Gasteiger partial charge >= 0.3 is 17.9 Å². The van der Waals surface area contributed by atoms with Crippen molar-refractivity contribution in [2.45, 2.75) is 322 Å². The molecule has 0 saturated carbocycles. The maximum Gasteiger partial charge on any atom is 0.306 e. The van der Waals surface area contributed by atoms with Crippen molar-refractivity contribution in [3.63, 3.8) is 0 Å². The van der Waals surface area contributed by atoms with Gasteiger partial charge in [-0.3, -0.25) is 14.4 Å². The minimum atomic E-state index is -0.789. The number of unbranched alkanes of at least 4 members (excludes halogenated alkanes) is 31. The van der Waals surface area contributed by atoms with E-state index < -0.39 is 6.10 Å². The Hall–Kier alpha value is -3.93. The Morgan fingerprint density at radius 1 is 0.266 bits per heavy atom. The molecule has 0 bridgehead atoms. The van der Waals surface area contributed by atoms with Crippen LogP contribution in [0.5, 0.6) is 0 Å². The van der Waals surface area contributed by atoms with Gasteiger partial charge in [-0.15, -0.1) is 0 Å². The summed E-state index contributed by atoms with van der Waals surface area (Å²) < 4.78 is 16.9. The number of esters is 3. The van der Waals surface area contributed by atoms with Crippen LogP contribution in [0, 0.1) is 0 Å². The van der Waals surface area contributed by atoms with Crippen molar-refractivity contribution < 1.29 is 28.6 Å². The van der Waals surface area contributed by atoms with E-state index in [0.717, 1.165) is 135 Å². The topological polar surface area (TPSA) is 78.9 Å². The molecule has 0 saturated heterocycles. The molecule has 1 unspecified atom stereocenters. The highest BCUT2D eigenvalue weighted by Crippen LogP contribution is 2.17. The van der Waals surface area contributed by atoms with E-state index >= 15 is 0 Å². The SMILES string of the molecule is CC/C=C\C/C=C\C/C=C\C/C=C\C/C=C\CCCCCCCCCCCCCCCCCCCCCC(=O)OCC(COC(=O)CCCCCCC/C=C\CCCC)OC(=O)CCCCCCC/C=C\C/C=C\C/C=C\CC. The fourth-order valence-electron chi connectivity index (χ4n) is 9.29.